The van der Waals surface area contributed by atoms with E-state index in [2.05, 4.69) is 17.0 Å². The van der Waals surface area contributed by atoms with Gasteiger partial charge in [-0.3, -0.25) is 9.59 Å². The Morgan fingerprint density at radius 1 is 1.18 bits per heavy atom. The Morgan fingerprint density at radius 2 is 2.00 bits per heavy atom. The standard InChI is InChI=1S/C26H29FN4O3/c1-3-17-12-23(25(32)30-10-6-4-5-7-15(30)2)28-24-14-22(29-31(17)24)18-9-8-16(11-21(18)27)19-13-20(19)26(33)34/h8-9,11-12,14-15,19-20H,3-7,10,13H2,1-2H3,(H,33,34)/t15-,19+,20-/m1/s1. The van der Waals surface area contributed by atoms with E-state index in [9.17, 15) is 9.59 Å². The van der Waals surface area contributed by atoms with Crippen molar-refractivity contribution in [3.8, 4) is 11.3 Å². The third-order valence-corrected chi connectivity index (χ3v) is 7.20. The van der Waals surface area contributed by atoms with E-state index in [0.717, 1.165) is 37.9 Å². The van der Waals surface area contributed by atoms with Gasteiger partial charge in [-0.05, 0) is 62.3 Å². The maximum Gasteiger partial charge on any atom is 0.307 e. The van der Waals surface area contributed by atoms with Gasteiger partial charge in [0.1, 0.15) is 11.5 Å². The molecule has 3 heterocycles. The number of aliphatic carboxylic acids is 1. The lowest BCUT2D eigenvalue weighted by atomic mass is 10.0. The first-order valence-electron chi connectivity index (χ1n) is 12.1. The van der Waals surface area contributed by atoms with Gasteiger partial charge in [-0.15, -0.1) is 0 Å². The molecule has 1 saturated carbocycles. The molecule has 0 unspecified atom stereocenters. The lowest BCUT2D eigenvalue weighted by Gasteiger charge is -2.27. The summed E-state index contributed by atoms with van der Waals surface area (Å²) in [7, 11) is 0. The normalized spacial score (nSPS) is 22.6. The number of aromatic nitrogens is 3. The van der Waals surface area contributed by atoms with E-state index in [0.29, 0.717) is 41.0 Å². The predicted molar refractivity (Wildman–Crippen MR) is 125 cm³/mol. The largest absolute Gasteiger partial charge is 0.481 e. The summed E-state index contributed by atoms with van der Waals surface area (Å²) < 4.78 is 16.7. The summed E-state index contributed by atoms with van der Waals surface area (Å²) in [6.07, 6.45) is 5.45. The molecule has 8 heteroatoms. The summed E-state index contributed by atoms with van der Waals surface area (Å²) in [6, 6.07) is 8.52. The van der Waals surface area contributed by atoms with Gasteiger partial charge in [0, 0.05) is 29.9 Å². The first-order chi connectivity index (χ1) is 16.4. The van der Waals surface area contributed by atoms with E-state index < -0.39 is 17.7 Å². The van der Waals surface area contributed by atoms with Crippen LogP contribution in [0, 0.1) is 11.7 Å². The maximum atomic E-state index is 15.0. The van der Waals surface area contributed by atoms with Crippen molar-refractivity contribution in [2.24, 2.45) is 5.92 Å². The Hall–Kier alpha value is -3.29. The number of nitrogens with zero attached hydrogens (tertiary/aromatic N) is 4. The summed E-state index contributed by atoms with van der Waals surface area (Å²) >= 11 is 0. The molecule has 34 heavy (non-hydrogen) atoms. The molecule has 1 amide bonds. The van der Waals surface area contributed by atoms with E-state index in [1.54, 1.807) is 28.8 Å². The second-order valence-corrected chi connectivity index (χ2v) is 9.51. The van der Waals surface area contributed by atoms with Crippen LogP contribution in [0.25, 0.3) is 16.9 Å². The van der Waals surface area contributed by atoms with Crippen LogP contribution in [0.4, 0.5) is 4.39 Å². The van der Waals surface area contributed by atoms with Gasteiger partial charge in [0.15, 0.2) is 5.65 Å². The van der Waals surface area contributed by atoms with Crippen LogP contribution in [-0.4, -0.2) is 49.1 Å². The summed E-state index contributed by atoms with van der Waals surface area (Å²) in [4.78, 5) is 31.0. The maximum absolute atomic E-state index is 15.0. The number of halogens is 1. The van der Waals surface area contributed by atoms with E-state index in [4.69, 9.17) is 5.11 Å². The highest BCUT2D eigenvalue weighted by molar-refractivity contribution is 5.93. The number of carbonyl (C=O) groups excluding carboxylic acids is 1. The van der Waals surface area contributed by atoms with Crippen LogP contribution >= 0.6 is 0 Å². The number of carboxylic acid groups (broad SMARTS) is 1. The van der Waals surface area contributed by atoms with Crippen LogP contribution in [0.2, 0.25) is 0 Å². The van der Waals surface area contributed by atoms with Crippen molar-refractivity contribution in [1.29, 1.82) is 0 Å². The first kappa shape index (κ1) is 22.5. The third-order valence-electron chi connectivity index (χ3n) is 7.20. The minimum absolute atomic E-state index is 0.0673. The molecule has 2 fully saturated rings. The Balaban J connectivity index is 1.47. The smallest absolute Gasteiger partial charge is 0.307 e. The van der Waals surface area contributed by atoms with Crippen LogP contribution in [-0.2, 0) is 11.2 Å². The number of carboxylic acids is 1. The second kappa shape index (κ2) is 8.81. The number of aryl methyl sites for hydroxylation is 1. The quantitative estimate of drug-likeness (QED) is 0.592. The number of fused-ring (bicyclic) bond motifs is 1. The number of hydrogen-bond donors (Lipinski definition) is 1. The van der Waals surface area contributed by atoms with E-state index in [-0.39, 0.29) is 17.9 Å². The second-order valence-electron chi connectivity index (χ2n) is 9.51. The van der Waals surface area contributed by atoms with Gasteiger partial charge in [0.2, 0.25) is 0 Å². The molecule has 3 atom stereocenters. The fourth-order valence-electron chi connectivity index (χ4n) is 5.06. The molecule has 1 aromatic carbocycles. The fraction of sp³-hybridized carbons (Fsp3) is 0.462. The highest BCUT2D eigenvalue weighted by atomic mass is 19.1. The fourth-order valence-corrected chi connectivity index (χ4v) is 5.06. The monoisotopic (exact) mass is 464 g/mol. The molecule has 0 spiro atoms. The van der Waals surface area contributed by atoms with Crippen molar-refractivity contribution in [3.63, 3.8) is 0 Å². The van der Waals surface area contributed by atoms with Crippen LogP contribution < -0.4 is 0 Å². The molecular formula is C26H29FN4O3. The van der Waals surface area contributed by atoms with Gasteiger partial charge in [-0.25, -0.2) is 13.9 Å². The molecule has 1 aliphatic heterocycles. The lowest BCUT2D eigenvalue weighted by molar-refractivity contribution is -0.138. The summed E-state index contributed by atoms with van der Waals surface area (Å²) in [5, 5.41) is 13.7. The SMILES string of the molecule is CCc1cc(C(=O)N2CCCCC[C@H]2C)nc2cc(-c3ccc([C@@H]4C[C@H]4C(=O)O)cc3F)nn12. The highest BCUT2D eigenvalue weighted by Crippen LogP contribution is 2.48. The molecular weight excluding hydrogens is 435 g/mol. The number of amides is 1. The van der Waals surface area contributed by atoms with Crippen LogP contribution in [0.15, 0.2) is 30.3 Å². The molecule has 1 aliphatic carbocycles. The Labute approximate surface area is 197 Å². The zero-order valence-electron chi connectivity index (χ0n) is 19.5. The molecule has 2 aliphatic rings. The topological polar surface area (TPSA) is 87.8 Å². The average molecular weight is 465 g/mol. The molecule has 178 valence electrons. The number of rotatable bonds is 5. The third kappa shape index (κ3) is 4.06. The van der Waals surface area contributed by atoms with Crippen molar-refractivity contribution in [1.82, 2.24) is 19.5 Å². The number of likely N-dealkylation sites (tertiary alicyclic amines) is 1. The summed E-state index contributed by atoms with van der Waals surface area (Å²) in [5.74, 6) is -1.91. The van der Waals surface area contributed by atoms with Gasteiger partial charge < -0.3 is 10.0 Å². The molecule has 2 aromatic heterocycles. The number of carbonyl (C=O) groups is 2. The lowest BCUT2D eigenvalue weighted by Crippen LogP contribution is -2.38. The van der Waals surface area contributed by atoms with Crippen molar-refractivity contribution >= 4 is 17.5 Å². The molecule has 0 radical (unpaired) electrons. The zero-order valence-corrected chi connectivity index (χ0v) is 19.5. The van der Waals surface area contributed by atoms with Crippen molar-refractivity contribution in [3.05, 3.63) is 53.1 Å². The summed E-state index contributed by atoms with van der Waals surface area (Å²) in [5.41, 5.74) is 3.21. The molecule has 7 nitrogen and oxygen atoms in total. The van der Waals surface area contributed by atoms with E-state index in [1.807, 2.05) is 11.8 Å². The van der Waals surface area contributed by atoms with Crippen LogP contribution in [0.1, 0.15) is 73.6 Å². The summed E-state index contributed by atoms with van der Waals surface area (Å²) in [6.45, 7) is 4.81. The van der Waals surface area contributed by atoms with Gasteiger partial charge in [0.05, 0.1) is 11.6 Å². The van der Waals surface area contributed by atoms with Crippen molar-refractivity contribution in [2.75, 3.05) is 6.54 Å². The van der Waals surface area contributed by atoms with Gasteiger partial charge in [-0.2, -0.15) is 5.10 Å². The average Bonchev–Trinajstić information content (AvgIpc) is 3.56. The molecule has 3 aromatic rings. The van der Waals surface area contributed by atoms with E-state index >= 15 is 4.39 Å². The van der Waals surface area contributed by atoms with E-state index in [1.165, 1.54) is 6.07 Å². The molecule has 1 saturated heterocycles. The Bertz CT molecular complexity index is 1270. The minimum atomic E-state index is -0.840. The molecule has 0 bridgehead atoms. The highest BCUT2D eigenvalue weighted by Gasteiger charge is 2.44. The Morgan fingerprint density at radius 3 is 2.71 bits per heavy atom. The van der Waals surface area contributed by atoms with Gasteiger partial charge in [-0.1, -0.05) is 25.8 Å². The number of benzene rings is 1. The van der Waals surface area contributed by atoms with Crippen molar-refractivity contribution < 1.29 is 19.1 Å². The van der Waals surface area contributed by atoms with Gasteiger partial charge in [0.25, 0.3) is 5.91 Å². The minimum Gasteiger partial charge on any atom is -0.481 e. The molecule has 1 N–H and O–H groups in total. The Kier molecular flexibility index (Phi) is 5.83. The van der Waals surface area contributed by atoms with Gasteiger partial charge >= 0.3 is 5.97 Å². The van der Waals surface area contributed by atoms with Crippen LogP contribution in [0.3, 0.4) is 0 Å². The van der Waals surface area contributed by atoms with Crippen molar-refractivity contribution in [2.45, 2.75) is 64.3 Å². The first-order valence-corrected chi connectivity index (χ1v) is 12.1. The zero-order chi connectivity index (χ0) is 24.0. The molecule has 5 rings (SSSR count). The van der Waals surface area contributed by atoms with Crippen LogP contribution in [0.5, 0.6) is 0 Å². The predicted octanol–water partition coefficient (Wildman–Crippen LogP) is 4.69. The number of hydrogen-bond acceptors (Lipinski definition) is 4.